The Kier molecular flexibility index (Phi) is 5.03. The number of rotatable bonds is 4. The second-order valence-corrected chi connectivity index (χ2v) is 7.97. The van der Waals surface area contributed by atoms with E-state index in [-0.39, 0.29) is 24.1 Å². The van der Waals surface area contributed by atoms with E-state index in [2.05, 4.69) is 9.88 Å². The summed E-state index contributed by atoms with van der Waals surface area (Å²) < 4.78 is 28.9. The molecule has 3 N–H and O–H groups in total. The Morgan fingerprint density at radius 3 is 2.30 bits per heavy atom. The molecule has 30 heavy (non-hydrogen) atoms. The highest BCUT2D eigenvalue weighted by Gasteiger charge is 2.37. The third kappa shape index (κ3) is 3.66. The van der Waals surface area contributed by atoms with Gasteiger partial charge in [0.1, 0.15) is 29.0 Å². The van der Waals surface area contributed by atoms with Gasteiger partial charge in [-0.05, 0) is 62.4 Å². The van der Waals surface area contributed by atoms with Crippen LogP contribution >= 0.6 is 0 Å². The number of nitrogens with zero attached hydrogens (tertiary/aromatic N) is 3. The van der Waals surface area contributed by atoms with Gasteiger partial charge in [-0.3, -0.25) is 4.79 Å². The third-order valence-corrected chi connectivity index (χ3v) is 5.21. The van der Waals surface area contributed by atoms with Crippen molar-refractivity contribution in [1.82, 2.24) is 14.5 Å². The zero-order chi connectivity index (χ0) is 21.5. The van der Waals surface area contributed by atoms with Gasteiger partial charge in [-0.25, -0.2) is 13.8 Å². The molecule has 8 heteroatoms. The number of anilines is 2. The van der Waals surface area contributed by atoms with Gasteiger partial charge in [0, 0.05) is 17.8 Å². The van der Waals surface area contributed by atoms with E-state index < -0.39 is 5.54 Å². The number of carbonyl (C=O) groups excluding carboxylic acids is 1. The number of amides is 1. The minimum absolute atomic E-state index is 0.0672. The topological polar surface area (TPSA) is 76.2 Å². The first-order valence-corrected chi connectivity index (χ1v) is 9.67. The first kappa shape index (κ1) is 20.0. The number of hydrogen-bond donors (Lipinski definition) is 2. The van der Waals surface area contributed by atoms with Gasteiger partial charge < -0.3 is 20.5 Å². The zero-order valence-electron chi connectivity index (χ0n) is 16.8. The van der Waals surface area contributed by atoms with Crippen molar-refractivity contribution >= 4 is 17.4 Å². The van der Waals surface area contributed by atoms with Crippen LogP contribution < -0.4 is 11.1 Å². The highest BCUT2D eigenvalue weighted by atomic mass is 19.1. The molecule has 1 aliphatic rings. The van der Waals surface area contributed by atoms with Crippen molar-refractivity contribution in [3.05, 3.63) is 66.0 Å². The lowest BCUT2D eigenvalue weighted by Gasteiger charge is -2.40. The van der Waals surface area contributed by atoms with Gasteiger partial charge in [-0.15, -0.1) is 0 Å². The van der Waals surface area contributed by atoms with Crippen molar-refractivity contribution in [3.63, 3.8) is 0 Å². The third-order valence-electron chi connectivity index (χ3n) is 5.21. The van der Waals surface area contributed by atoms with E-state index in [0.29, 0.717) is 36.1 Å². The van der Waals surface area contributed by atoms with Gasteiger partial charge in [0.05, 0.1) is 18.6 Å². The van der Waals surface area contributed by atoms with Gasteiger partial charge in [0.25, 0.3) is 0 Å². The lowest BCUT2D eigenvalue weighted by atomic mass is 10.0. The number of fused-ring (bicyclic) bond motifs is 1. The SMILES string of the molecule is CC1(C)CN(C(=O)CN)Cc2nc(-c3ccc(F)cc3)c(Nc3ccc(F)cc3)n21. The zero-order valence-corrected chi connectivity index (χ0v) is 16.8. The molecular weight excluding hydrogens is 388 g/mol. The highest BCUT2D eigenvalue weighted by molar-refractivity contribution is 5.80. The van der Waals surface area contributed by atoms with E-state index >= 15 is 0 Å². The first-order valence-electron chi connectivity index (χ1n) is 9.67. The van der Waals surface area contributed by atoms with Crippen molar-refractivity contribution < 1.29 is 13.6 Å². The fourth-order valence-electron chi connectivity index (χ4n) is 3.89. The van der Waals surface area contributed by atoms with Crippen LogP contribution in [0.15, 0.2) is 48.5 Å². The molecule has 0 atom stereocenters. The summed E-state index contributed by atoms with van der Waals surface area (Å²) in [6.07, 6.45) is 0. The van der Waals surface area contributed by atoms with E-state index in [0.717, 1.165) is 5.56 Å². The maximum absolute atomic E-state index is 13.5. The summed E-state index contributed by atoms with van der Waals surface area (Å²) in [6.45, 7) is 4.74. The Hall–Kier alpha value is -3.26. The molecule has 4 rings (SSSR count). The number of nitrogens with two attached hydrogens (primary N) is 1. The van der Waals surface area contributed by atoms with Crippen LogP contribution in [0.3, 0.4) is 0 Å². The average molecular weight is 411 g/mol. The molecule has 156 valence electrons. The largest absolute Gasteiger partial charge is 0.340 e. The molecule has 0 fully saturated rings. The summed E-state index contributed by atoms with van der Waals surface area (Å²) in [6, 6.07) is 12.1. The van der Waals surface area contributed by atoms with Crippen LogP contribution in [0.4, 0.5) is 20.3 Å². The van der Waals surface area contributed by atoms with Crippen LogP contribution in [0.5, 0.6) is 0 Å². The van der Waals surface area contributed by atoms with Gasteiger partial charge >= 0.3 is 0 Å². The summed E-state index contributed by atoms with van der Waals surface area (Å²) in [5.41, 5.74) is 7.14. The molecule has 0 aliphatic carbocycles. The standard InChI is InChI=1S/C22H23F2N5O/c1-22(2)13-28(19(30)11-25)12-18-27-20(14-3-5-15(23)6-4-14)21(29(18)22)26-17-9-7-16(24)8-10-17/h3-10,26H,11-13,25H2,1-2H3. The van der Waals surface area contributed by atoms with E-state index in [9.17, 15) is 13.6 Å². The molecule has 1 amide bonds. The Morgan fingerprint density at radius 2 is 1.70 bits per heavy atom. The molecule has 0 radical (unpaired) electrons. The maximum atomic E-state index is 13.5. The number of carbonyl (C=O) groups is 1. The van der Waals surface area contributed by atoms with Crippen LogP contribution in [0.1, 0.15) is 19.7 Å². The second-order valence-electron chi connectivity index (χ2n) is 7.97. The van der Waals surface area contributed by atoms with E-state index in [1.807, 2.05) is 13.8 Å². The lowest BCUT2D eigenvalue weighted by Crippen LogP contribution is -2.50. The molecule has 3 aromatic rings. The smallest absolute Gasteiger partial charge is 0.236 e. The van der Waals surface area contributed by atoms with Crippen molar-refractivity contribution in [2.45, 2.75) is 25.9 Å². The molecule has 2 heterocycles. The number of imidazole rings is 1. The minimum atomic E-state index is -0.480. The Bertz CT molecular complexity index is 1070. The molecule has 6 nitrogen and oxygen atoms in total. The number of hydrogen-bond acceptors (Lipinski definition) is 4. The quantitative estimate of drug-likeness (QED) is 0.688. The number of halogens is 2. The van der Waals surface area contributed by atoms with Gasteiger partial charge in [-0.1, -0.05) is 0 Å². The fourth-order valence-corrected chi connectivity index (χ4v) is 3.89. The molecule has 1 aromatic heterocycles. The van der Waals surface area contributed by atoms with Crippen LogP contribution in [-0.2, 0) is 16.9 Å². The predicted molar refractivity (Wildman–Crippen MR) is 111 cm³/mol. The van der Waals surface area contributed by atoms with Crippen molar-refractivity contribution in [1.29, 1.82) is 0 Å². The van der Waals surface area contributed by atoms with Crippen LogP contribution in [0.2, 0.25) is 0 Å². The highest BCUT2D eigenvalue weighted by Crippen LogP contribution is 2.38. The van der Waals surface area contributed by atoms with Crippen LogP contribution in [0.25, 0.3) is 11.3 Å². The second kappa shape index (κ2) is 7.53. The van der Waals surface area contributed by atoms with Gasteiger partial charge in [0.2, 0.25) is 5.91 Å². The summed E-state index contributed by atoms with van der Waals surface area (Å²) >= 11 is 0. The molecule has 0 unspecified atom stereocenters. The maximum Gasteiger partial charge on any atom is 0.236 e. The number of benzene rings is 2. The van der Waals surface area contributed by atoms with Crippen molar-refractivity contribution in [2.24, 2.45) is 5.73 Å². The molecular formula is C22H23F2N5O. The summed E-state index contributed by atoms with van der Waals surface area (Å²) in [5, 5.41) is 3.35. The molecule has 0 spiro atoms. The molecule has 0 bridgehead atoms. The lowest BCUT2D eigenvalue weighted by molar-refractivity contribution is -0.132. The van der Waals surface area contributed by atoms with Gasteiger partial charge in [-0.2, -0.15) is 0 Å². The summed E-state index contributed by atoms with van der Waals surface area (Å²) in [5.74, 6) is 0.584. The number of aromatic nitrogens is 2. The van der Waals surface area contributed by atoms with Gasteiger partial charge in [0.15, 0.2) is 0 Å². The van der Waals surface area contributed by atoms with E-state index in [1.165, 1.54) is 24.3 Å². The van der Waals surface area contributed by atoms with Crippen molar-refractivity contribution in [2.75, 3.05) is 18.4 Å². The first-order chi connectivity index (χ1) is 14.3. The summed E-state index contributed by atoms with van der Waals surface area (Å²) in [7, 11) is 0. The predicted octanol–water partition coefficient (Wildman–Crippen LogP) is 3.61. The molecule has 2 aromatic carbocycles. The Morgan fingerprint density at radius 1 is 1.10 bits per heavy atom. The monoisotopic (exact) mass is 411 g/mol. The van der Waals surface area contributed by atoms with Crippen LogP contribution in [0, 0.1) is 11.6 Å². The molecule has 0 saturated carbocycles. The molecule has 1 aliphatic heterocycles. The minimum Gasteiger partial charge on any atom is -0.340 e. The fraction of sp³-hybridized carbons (Fsp3) is 0.273. The molecule has 0 saturated heterocycles. The Balaban J connectivity index is 1.86. The van der Waals surface area contributed by atoms with Crippen molar-refractivity contribution in [3.8, 4) is 11.3 Å². The normalized spacial score (nSPS) is 15.0. The van der Waals surface area contributed by atoms with Crippen LogP contribution in [-0.4, -0.2) is 33.4 Å². The van der Waals surface area contributed by atoms with E-state index in [4.69, 9.17) is 10.7 Å². The summed E-state index contributed by atoms with van der Waals surface area (Å²) in [4.78, 5) is 18.7. The Labute approximate surface area is 173 Å². The number of nitrogens with one attached hydrogen (secondary N) is 1. The average Bonchev–Trinajstić information content (AvgIpc) is 3.08. The van der Waals surface area contributed by atoms with E-state index in [1.54, 1.807) is 29.2 Å².